The van der Waals surface area contributed by atoms with Crippen molar-refractivity contribution in [3.63, 3.8) is 0 Å². The molecule has 0 aromatic heterocycles. The van der Waals surface area contributed by atoms with Crippen LogP contribution in [0, 0.1) is 11.8 Å². The first-order valence-corrected chi connectivity index (χ1v) is 7.48. The topological polar surface area (TPSA) is 26.0 Å². The van der Waals surface area contributed by atoms with Crippen molar-refractivity contribution in [3.05, 3.63) is 0 Å². The van der Waals surface area contributed by atoms with E-state index in [2.05, 4.69) is 13.8 Å². The van der Waals surface area contributed by atoms with Gasteiger partial charge in [0.2, 0.25) is 0 Å². The molecule has 0 amide bonds. The Bertz CT molecular complexity index is 159. The van der Waals surface area contributed by atoms with Crippen LogP contribution in [-0.2, 0) is 0 Å². The zero-order chi connectivity index (χ0) is 11.8. The van der Waals surface area contributed by atoms with Gasteiger partial charge in [-0.25, -0.2) is 0 Å². The van der Waals surface area contributed by atoms with Crippen molar-refractivity contribution in [2.45, 2.75) is 84.1 Å². The quantitative estimate of drug-likeness (QED) is 0.634. The zero-order valence-electron chi connectivity index (χ0n) is 11.4. The number of hydrogen-bond donors (Lipinski definition) is 1. The molecule has 0 bridgehead atoms. The van der Waals surface area contributed by atoms with Gasteiger partial charge in [-0.05, 0) is 43.9 Å². The second kappa shape index (κ2) is 8.11. The van der Waals surface area contributed by atoms with E-state index in [1.165, 1.54) is 64.2 Å². The Morgan fingerprint density at radius 3 is 2.38 bits per heavy atom. The SMILES string of the molecule is CCCCCCC(C)CC1CCC(N)CC1. The first-order chi connectivity index (χ1) is 7.72. The van der Waals surface area contributed by atoms with Crippen molar-refractivity contribution in [1.29, 1.82) is 0 Å². The summed E-state index contributed by atoms with van der Waals surface area (Å²) < 4.78 is 0. The Morgan fingerprint density at radius 2 is 1.75 bits per heavy atom. The Balaban J connectivity index is 2.02. The second-order valence-corrected chi connectivity index (χ2v) is 5.97. The van der Waals surface area contributed by atoms with Crippen LogP contribution in [0.15, 0.2) is 0 Å². The molecule has 0 saturated heterocycles. The van der Waals surface area contributed by atoms with Crippen molar-refractivity contribution >= 4 is 0 Å². The molecule has 1 heteroatoms. The predicted octanol–water partition coefficient (Wildman–Crippen LogP) is 4.50. The van der Waals surface area contributed by atoms with Gasteiger partial charge in [0.25, 0.3) is 0 Å². The van der Waals surface area contributed by atoms with Crippen molar-refractivity contribution < 1.29 is 0 Å². The Labute approximate surface area is 102 Å². The maximum absolute atomic E-state index is 5.94. The highest BCUT2D eigenvalue weighted by Crippen LogP contribution is 2.30. The average molecular weight is 225 g/mol. The lowest BCUT2D eigenvalue weighted by Gasteiger charge is -2.28. The van der Waals surface area contributed by atoms with Crippen LogP contribution in [-0.4, -0.2) is 6.04 Å². The maximum atomic E-state index is 5.94. The summed E-state index contributed by atoms with van der Waals surface area (Å²) in [6.45, 7) is 4.73. The highest BCUT2D eigenvalue weighted by Gasteiger charge is 2.19. The fraction of sp³-hybridized carbons (Fsp3) is 1.00. The summed E-state index contributed by atoms with van der Waals surface area (Å²) in [7, 11) is 0. The third kappa shape index (κ3) is 5.89. The van der Waals surface area contributed by atoms with Crippen LogP contribution in [0.2, 0.25) is 0 Å². The normalized spacial score (nSPS) is 27.9. The van der Waals surface area contributed by atoms with Crippen LogP contribution in [0.1, 0.15) is 78.1 Å². The number of unbranched alkanes of at least 4 members (excludes halogenated alkanes) is 3. The number of hydrogen-bond acceptors (Lipinski definition) is 1. The molecule has 16 heavy (non-hydrogen) atoms. The van der Waals surface area contributed by atoms with Crippen LogP contribution < -0.4 is 5.73 Å². The lowest BCUT2D eigenvalue weighted by atomic mass is 9.80. The summed E-state index contributed by atoms with van der Waals surface area (Å²) in [5.41, 5.74) is 5.94. The van der Waals surface area contributed by atoms with E-state index in [-0.39, 0.29) is 0 Å². The van der Waals surface area contributed by atoms with Crippen molar-refractivity contribution in [3.8, 4) is 0 Å². The van der Waals surface area contributed by atoms with Crippen molar-refractivity contribution in [2.24, 2.45) is 17.6 Å². The molecule has 1 saturated carbocycles. The van der Waals surface area contributed by atoms with E-state index in [1.54, 1.807) is 0 Å². The third-order valence-electron chi connectivity index (χ3n) is 4.18. The van der Waals surface area contributed by atoms with Gasteiger partial charge in [0.05, 0.1) is 0 Å². The van der Waals surface area contributed by atoms with E-state index in [9.17, 15) is 0 Å². The molecule has 1 rings (SSSR count). The third-order valence-corrected chi connectivity index (χ3v) is 4.18. The first kappa shape index (κ1) is 14.0. The summed E-state index contributed by atoms with van der Waals surface area (Å²) in [5.74, 6) is 1.93. The molecule has 96 valence electrons. The Hall–Kier alpha value is -0.0400. The Kier molecular flexibility index (Phi) is 7.11. The number of nitrogens with two attached hydrogens (primary N) is 1. The highest BCUT2D eigenvalue weighted by molar-refractivity contribution is 4.75. The molecule has 0 spiro atoms. The van der Waals surface area contributed by atoms with Crippen LogP contribution in [0.4, 0.5) is 0 Å². The average Bonchev–Trinajstić information content (AvgIpc) is 2.28. The molecule has 1 nitrogen and oxygen atoms in total. The summed E-state index contributed by atoms with van der Waals surface area (Å²) in [5, 5.41) is 0. The first-order valence-electron chi connectivity index (χ1n) is 7.48. The lowest BCUT2D eigenvalue weighted by Crippen LogP contribution is -2.27. The fourth-order valence-electron chi connectivity index (χ4n) is 3.03. The monoisotopic (exact) mass is 225 g/mol. The second-order valence-electron chi connectivity index (χ2n) is 5.97. The molecular formula is C15H31N. The van der Waals surface area contributed by atoms with Gasteiger partial charge in [-0.3, -0.25) is 0 Å². The highest BCUT2D eigenvalue weighted by atomic mass is 14.6. The van der Waals surface area contributed by atoms with Gasteiger partial charge in [-0.2, -0.15) is 0 Å². The lowest BCUT2D eigenvalue weighted by molar-refractivity contribution is 0.268. The molecule has 0 heterocycles. The molecule has 1 aliphatic carbocycles. The molecule has 1 aliphatic rings. The summed E-state index contributed by atoms with van der Waals surface area (Å²) >= 11 is 0. The van der Waals surface area contributed by atoms with E-state index in [4.69, 9.17) is 5.73 Å². The predicted molar refractivity (Wildman–Crippen MR) is 72.5 cm³/mol. The van der Waals surface area contributed by atoms with Gasteiger partial charge in [0, 0.05) is 6.04 Å². The molecule has 2 N–H and O–H groups in total. The molecular weight excluding hydrogens is 194 g/mol. The van der Waals surface area contributed by atoms with Crippen LogP contribution in [0.5, 0.6) is 0 Å². The zero-order valence-corrected chi connectivity index (χ0v) is 11.4. The van der Waals surface area contributed by atoms with Crippen LogP contribution in [0.25, 0.3) is 0 Å². The van der Waals surface area contributed by atoms with E-state index < -0.39 is 0 Å². The maximum Gasteiger partial charge on any atom is 0.00390 e. The van der Waals surface area contributed by atoms with Crippen LogP contribution in [0.3, 0.4) is 0 Å². The van der Waals surface area contributed by atoms with E-state index in [0.717, 1.165) is 11.8 Å². The molecule has 1 atom stereocenters. The Morgan fingerprint density at radius 1 is 1.06 bits per heavy atom. The summed E-state index contributed by atoms with van der Waals surface area (Å²) in [6, 6.07) is 0.510. The van der Waals surface area contributed by atoms with Gasteiger partial charge in [-0.15, -0.1) is 0 Å². The van der Waals surface area contributed by atoms with E-state index >= 15 is 0 Å². The van der Waals surface area contributed by atoms with Gasteiger partial charge < -0.3 is 5.73 Å². The minimum Gasteiger partial charge on any atom is -0.328 e. The van der Waals surface area contributed by atoms with Crippen molar-refractivity contribution in [2.75, 3.05) is 0 Å². The number of rotatable bonds is 7. The van der Waals surface area contributed by atoms with Gasteiger partial charge in [0.1, 0.15) is 0 Å². The van der Waals surface area contributed by atoms with Crippen molar-refractivity contribution in [1.82, 2.24) is 0 Å². The molecule has 0 radical (unpaired) electrons. The van der Waals surface area contributed by atoms with Gasteiger partial charge in [-0.1, -0.05) is 46.0 Å². The summed E-state index contributed by atoms with van der Waals surface area (Å²) in [6.07, 6.45) is 13.9. The molecule has 0 aliphatic heterocycles. The van der Waals surface area contributed by atoms with E-state index in [0.29, 0.717) is 6.04 Å². The van der Waals surface area contributed by atoms with Crippen LogP contribution >= 0.6 is 0 Å². The van der Waals surface area contributed by atoms with Gasteiger partial charge in [0.15, 0.2) is 0 Å². The molecule has 0 aromatic rings. The minimum atomic E-state index is 0.510. The standard InChI is InChI=1S/C15H31N/c1-3-4-5-6-7-13(2)12-14-8-10-15(16)11-9-14/h13-15H,3-12,16H2,1-2H3. The molecule has 1 unspecified atom stereocenters. The minimum absolute atomic E-state index is 0.510. The molecule has 1 fully saturated rings. The van der Waals surface area contributed by atoms with E-state index in [1.807, 2.05) is 0 Å². The fourth-order valence-corrected chi connectivity index (χ4v) is 3.03. The molecule has 0 aromatic carbocycles. The largest absolute Gasteiger partial charge is 0.328 e. The smallest absolute Gasteiger partial charge is 0.00390 e. The summed E-state index contributed by atoms with van der Waals surface area (Å²) in [4.78, 5) is 0. The van der Waals surface area contributed by atoms with Gasteiger partial charge >= 0.3 is 0 Å².